The zero-order valence-electron chi connectivity index (χ0n) is 12.2. The highest BCUT2D eigenvalue weighted by atomic mass is 35.5. The van der Waals surface area contributed by atoms with Gasteiger partial charge in [-0.2, -0.15) is 13.2 Å². The van der Waals surface area contributed by atoms with Gasteiger partial charge >= 0.3 is 6.18 Å². The number of benzene rings is 1. The molecular weight excluding hydrogens is 299 g/mol. The highest BCUT2D eigenvalue weighted by molar-refractivity contribution is 6.17. The largest absolute Gasteiger partial charge is 0.418 e. The van der Waals surface area contributed by atoms with E-state index in [1.165, 1.54) is 6.07 Å². The number of alkyl halides is 4. The minimum Gasteiger partial charge on any atom is -0.368 e. The van der Waals surface area contributed by atoms with Crippen LogP contribution >= 0.6 is 11.6 Å². The Kier molecular flexibility index (Phi) is 5.42. The van der Waals surface area contributed by atoms with Gasteiger partial charge in [-0.15, -0.1) is 11.6 Å². The first-order valence-corrected chi connectivity index (χ1v) is 8.03. The molecule has 0 radical (unpaired) electrons. The fourth-order valence-corrected chi connectivity index (χ4v) is 3.26. The molecule has 0 aliphatic carbocycles. The predicted octanol–water partition coefficient (Wildman–Crippen LogP) is 5.60. The quantitative estimate of drug-likeness (QED) is 0.653. The summed E-state index contributed by atoms with van der Waals surface area (Å²) in [7, 11) is 0. The third-order valence-electron chi connectivity index (χ3n) is 4.08. The summed E-state index contributed by atoms with van der Waals surface area (Å²) in [6.45, 7) is 2.78. The van der Waals surface area contributed by atoms with Crippen LogP contribution < -0.4 is 4.90 Å². The van der Waals surface area contributed by atoms with Crippen molar-refractivity contribution >= 4 is 17.3 Å². The average molecular weight is 320 g/mol. The van der Waals surface area contributed by atoms with Crippen molar-refractivity contribution in [1.82, 2.24) is 0 Å². The van der Waals surface area contributed by atoms with Gasteiger partial charge in [-0.3, -0.25) is 0 Å². The lowest BCUT2D eigenvalue weighted by Crippen LogP contribution is -2.40. The number of piperidine rings is 1. The Morgan fingerprint density at radius 1 is 1.29 bits per heavy atom. The Bertz CT molecular complexity index is 471. The molecule has 1 aromatic carbocycles. The van der Waals surface area contributed by atoms with Crippen molar-refractivity contribution in [1.29, 1.82) is 0 Å². The van der Waals surface area contributed by atoms with E-state index < -0.39 is 11.7 Å². The first kappa shape index (κ1) is 16.5. The number of rotatable bonds is 4. The Morgan fingerprint density at radius 2 is 2.05 bits per heavy atom. The second kappa shape index (κ2) is 6.91. The average Bonchev–Trinajstić information content (AvgIpc) is 2.47. The molecule has 1 aromatic rings. The van der Waals surface area contributed by atoms with Crippen LogP contribution in [0.15, 0.2) is 18.2 Å². The number of hydrogen-bond acceptors (Lipinski definition) is 1. The van der Waals surface area contributed by atoms with E-state index in [1.807, 2.05) is 4.90 Å². The molecule has 21 heavy (non-hydrogen) atoms. The normalized spacial score (nSPS) is 19.9. The van der Waals surface area contributed by atoms with Crippen molar-refractivity contribution in [2.75, 3.05) is 11.4 Å². The maximum atomic E-state index is 13.4. The minimum absolute atomic E-state index is 0.0990. The standard InChI is InChI=1S/C16H21ClF3N/c1-2-5-13-6-3-4-9-21(13)15-8-7-12(11-17)10-14(15)16(18,19)20/h7-8,10,13H,2-6,9,11H2,1H3. The van der Waals surface area contributed by atoms with Gasteiger partial charge < -0.3 is 4.90 Å². The monoisotopic (exact) mass is 319 g/mol. The molecule has 118 valence electrons. The molecule has 2 rings (SSSR count). The van der Waals surface area contributed by atoms with Crippen LogP contribution in [0.3, 0.4) is 0 Å². The van der Waals surface area contributed by atoms with Crippen LogP contribution in [0.2, 0.25) is 0 Å². The van der Waals surface area contributed by atoms with Crippen LogP contribution in [0.4, 0.5) is 18.9 Å². The maximum Gasteiger partial charge on any atom is 0.418 e. The van der Waals surface area contributed by atoms with E-state index >= 15 is 0 Å². The highest BCUT2D eigenvalue weighted by Crippen LogP contribution is 2.40. The van der Waals surface area contributed by atoms with Crippen LogP contribution in [0.25, 0.3) is 0 Å². The molecule has 1 atom stereocenters. The number of anilines is 1. The molecule has 1 aliphatic heterocycles. The maximum absolute atomic E-state index is 13.4. The summed E-state index contributed by atoms with van der Waals surface area (Å²) in [4.78, 5) is 1.95. The topological polar surface area (TPSA) is 3.24 Å². The summed E-state index contributed by atoms with van der Waals surface area (Å²) >= 11 is 5.68. The van der Waals surface area contributed by atoms with Crippen molar-refractivity contribution in [3.63, 3.8) is 0 Å². The lowest BCUT2D eigenvalue weighted by molar-refractivity contribution is -0.137. The summed E-state index contributed by atoms with van der Waals surface area (Å²) in [5, 5.41) is 0. The molecule has 1 saturated heterocycles. The van der Waals surface area contributed by atoms with E-state index in [1.54, 1.807) is 12.1 Å². The summed E-state index contributed by atoms with van der Waals surface area (Å²) in [6, 6.07) is 4.70. The lowest BCUT2D eigenvalue weighted by Gasteiger charge is -2.39. The highest BCUT2D eigenvalue weighted by Gasteiger charge is 2.36. The smallest absolute Gasteiger partial charge is 0.368 e. The summed E-state index contributed by atoms with van der Waals surface area (Å²) in [5.74, 6) is 0.0990. The SMILES string of the molecule is CCCC1CCCCN1c1ccc(CCl)cc1C(F)(F)F. The Balaban J connectivity index is 2.41. The van der Waals surface area contributed by atoms with Gasteiger partial charge in [0.25, 0.3) is 0 Å². The van der Waals surface area contributed by atoms with Crippen LogP contribution in [-0.4, -0.2) is 12.6 Å². The molecule has 0 saturated carbocycles. The molecule has 1 heterocycles. The van der Waals surface area contributed by atoms with Crippen molar-refractivity contribution in [3.05, 3.63) is 29.3 Å². The molecular formula is C16H21ClF3N. The predicted molar refractivity (Wildman–Crippen MR) is 80.9 cm³/mol. The minimum atomic E-state index is -4.34. The van der Waals surface area contributed by atoms with Gasteiger partial charge in [0, 0.05) is 24.2 Å². The van der Waals surface area contributed by atoms with Gasteiger partial charge in [-0.25, -0.2) is 0 Å². The zero-order chi connectivity index (χ0) is 15.5. The fraction of sp³-hybridized carbons (Fsp3) is 0.625. The molecule has 1 unspecified atom stereocenters. The lowest BCUT2D eigenvalue weighted by atomic mass is 9.96. The van der Waals surface area contributed by atoms with Crippen molar-refractivity contribution < 1.29 is 13.2 Å². The molecule has 0 amide bonds. The fourth-order valence-electron chi connectivity index (χ4n) is 3.09. The van der Waals surface area contributed by atoms with Gasteiger partial charge in [-0.1, -0.05) is 19.4 Å². The Hall–Kier alpha value is -0.900. The van der Waals surface area contributed by atoms with Crippen molar-refractivity contribution in [2.24, 2.45) is 0 Å². The van der Waals surface area contributed by atoms with E-state index in [0.29, 0.717) is 17.8 Å². The molecule has 1 fully saturated rings. The molecule has 0 aromatic heterocycles. The number of halogens is 4. The van der Waals surface area contributed by atoms with Crippen LogP contribution in [-0.2, 0) is 12.1 Å². The van der Waals surface area contributed by atoms with Gasteiger partial charge in [0.2, 0.25) is 0 Å². The first-order valence-electron chi connectivity index (χ1n) is 7.50. The third kappa shape index (κ3) is 3.85. The van der Waals surface area contributed by atoms with Gasteiger partial charge in [0.05, 0.1) is 5.56 Å². The van der Waals surface area contributed by atoms with E-state index in [9.17, 15) is 13.2 Å². The molecule has 0 bridgehead atoms. The van der Waals surface area contributed by atoms with Crippen molar-refractivity contribution in [2.45, 2.75) is 57.1 Å². The summed E-state index contributed by atoms with van der Waals surface area (Å²) in [5.41, 5.74) is 0.273. The van der Waals surface area contributed by atoms with Crippen LogP contribution in [0, 0.1) is 0 Å². The summed E-state index contributed by atoms with van der Waals surface area (Å²) in [6.07, 6.45) is 0.613. The number of nitrogens with zero attached hydrogens (tertiary/aromatic N) is 1. The van der Waals surface area contributed by atoms with E-state index in [-0.39, 0.29) is 11.9 Å². The second-order valence-corrected chi connectivity index (χ2v) is 5.88. The second-order valence-electron chi connectivity index (χ2n) is 5.61. The van der Waals surface area contributed by atoms with E-state index in [4.69, 9.17) is 11.6 Å². The third-order valence-corrected chi connectivity index (χ3v) is 4.39. The van der Waals surface area contributed by atoms with Gasteiger partial charge in [0.15, 0.2) is 0 Å². The van der Waals surface area contributed by atoms with E-state index in [2.05, 4.69) is 6.92 Å². The Labute approximate surface area is 129 Å². The van der Waals surface area contributed by atoms with Gasteiger partial charge in [0.1, 0.15) is 0 Å². The number of hydrogen-bond donors (Lipinski definition) is 0. The summed E-state index contributed by atoms with van der Waals surface area (Å²) < 4.78 is 40.1. The van der Waals surface area contributed by atoms with Gasteiger partial charge in [-0.05, 0) is 43.4 Å². The molecule has 1 aliphatic rings. The molecule has 1 nitrogen and oxygen atoms in total. The van der Waals surface area contributed by atoms with Crippen LogP contribution in [0.5, 0.6) is 0 Å². The molecule has 0 N–H and O–H groups in total. The van der Waals surface area contributed by atoms with E-state index in [0.717, 1.165) is 32.1 Å². The first-order chi connectivity index (χ1) is 9.97. The zero-order valence-corrected chi connectivity index (χ0v) is 13.0. The molecule has 0 spiro atoms. The van der Waals surface area contributed by atoms with Crippen LogP contribution in [0.1, 0.15) is 50.2 Å². The molecule has 5 heteroatoms. The Morgan fingerprint density at radius 3 is 2.67 bits per heavy atom. The van der Waals surface area contributed by atoms with Crippen molar-refractivity contribution in [3.8, 4) is 0 Å².